The summed E-state index contributed by atoms with van der Waals surface area (Å²) in [5, 5.41) is 2.69. The fraction of sp³-hybridized carbons (Fsp3) is 0.150. The minimum absolute atomic E-state index is 0.148. The lowest BCUT2D eigenvalue weighted by atomic mass is 10.0. The summed E-state index contributed by atoms with van der Waals surface area (Å²) in [6, 6.07) is 12.6. The average molecular weight is 477 g/mol. The first-order valence-corrected chi connectivity index (χ1v) is 9.32. The van der Waals surface area contributed by atoms with Gasteiger partial charge in [-0.05, 0) is 47.2 Å². The molecule has 7 heteroatoms. The van der Waals surface area contributed by atoms with Gasteiger partial charge in [0.05, 0.1) is 23.4 Å². The van der Waals surface area contributed by atoms with Crippen LogP contribution >= 0.6 is 22.6 Å². The molecule has 0 radical (unpaired) electrons. The molecule has 0 saturated carbocycles. The summed E-state index contributed by atoms with van der Waals surface area (Å²) in [6.45, 7) is 2.04. The van der Waals surface area contributed by atoms with Gasteiger partial charge in [-0.1, -0.05) is 30.3 Å². The lowest BCUT2D eigenvalue weighted by molar-refractivity contribution is -0.137. The van der Waals surface area contributed by atoms with Gasteiger partial charge in [0.1, 0.15) is 6.61 Å². The lowest BCUT2D eigenvalue weighted by Crippen LogP contribution is -2.08. The fourth-order valence-electron chi connectivity index (χ4n) is 2.61. The van der Waals surface area contributed by atoms with Crippen LogP contribution < -0.4 is 5.32 Å². The topological polar surface area (TPSA) is 81.7 Å². The van der Waals surface area contributed by atoms with Crippen LogP contribution in [0.3, 0.4) is 0 Å². The summed E-state index contributed by atoms with van der Waals surface area (Å²) in [5.41, 5.74) is 2.38. The molecule has 2 aromatic rings. The fourth-order valence-corrected chi connectivity index (χ4v) is 3.30. The van der Waals surface area contributed by atoms with Crippen LogP contribution in [0.4, 0.5) is 5.69 Å². The van der Waals surface area contributed by atoms with Gasteiger partial charge in [-0.15, -0.1) is 0 Å². The number of carbonyl (C=O) groups excluding carboxylic acids is 3. The molecule has 1 aliphatic heterocycles. The number of esters is 2. The molecule has 6 nitrogen and oxygen atoms in total. The molecule has 0 atom stereocenters. The summed E-state index contributed by atoms with van der Waals surface area (Å²) >= 11 is 2.01. The molecule has 0 aliphatic carbocycles. The normalized spacial score (nSPS) is 13.9. The van der Waals surface area contributed by atoms with E-state index in [1.165, 1.54) is 0 Å². The Morgan fingerprint density at radius 2 is 1.89 bits per heavy atom. The molecule has 3 rings (SSSR count). The van der Waals surface area contributed by atoms with Crippen molar-refractivity contribution in [1.29, 1.82) is 0 Å². The molecule has 1 aliphatic rings. The van der Waals surface area contributed by atoms with Gasteiger partial charge < -0.3 is 14.8 Å². The van der Waals surface area contributed by atoms with Gasteiger partial charge in [0.15, 0.2) is 0 Å². The third-order valence-corrected chi connectivity index (χ3v) is 4.76. The van der Waals surface area contributed by atoms with Crippen LogP contribution in [0.25, 0.3) is 5.57 Å². The molecule has 1 heterocycles. The number of nitrogens with one attached hydrogen (secondary N) is 1. The summed E-state index contributed by atoms with van der Waals surface area (Å²) in [7, 11) is 0. The highest BCUT2D eigenvalue weighted by molar-refractivity contribution is 14.1. The third kappa shape index (κ3) is 4.36. The highest BCUT2D eigenvalue weighted by Crippen LogP contribution is 2.35. The summed E-state index contributed by atoms with van der Waals surface area (Å²) in [5.74, 6) is -1.52. The van der Waals surface area contributed by atoms with E-state index in [1.54, 1.807) is 19.1 Å². The Morgan fingerprint density at radius 3 is 2.59 bits per heavy atom. The molecular weight excluding hydrogens is 461 g/mol. The molecule has 1 amide bonds. The monoisotopic (exact) mass is 477 g/mol. The van der Waals surface area contributed by atoms with E-state index < -0.39 is 17.8 Å². The summed E-state index contributed by atoms with van der Waals surface area (Å²) in [4.78, 5) is 36.4. The Bertz CT molecular complexity index is 937. The number of carbonyl (C=O) groups is 3. The van der Waals surface area contributed by atoms with E-state index in [9.17, 15) is 14.4 Å². The second-order valence-corrected chi connectivity index (χ2v) is 6.87. The van der Waals surface area contributed by atoms with E-state index in [1.807, 2.05) is 52.9 Å². The van der Waals surface area contributed by atoms with Gasteiger partial charge in [-0.2, -0.15) is 0 Å². The summed E-state index contributed by atoms with van der Waals surface area (Å²) < 4.78 is 10.9. The number of halogens is 1. The van der Waals surface area contributed by atoms with E-state index in [0.717, 1.165) is 11.6 Å². The van der Waals surface area contributed by atoms with Gasteiger partial charge in [0, 0.05) is 15.2 Å². The zero-order valence-electron chi connectivity index (χ0n) is 14.5. The molecule has 2 aromatic carbocycles. The van der Waals surface area contributed by atoms with Crippen LogP contribution in [-0.4, -0.2) is 24.5 Å². The number of anilines is 1. The SMILES string of the molecule is CCOC(=O)/C=C1/C(=O)Nc2cc(I)c(C(=O)OCc3ccccc3)cc21. The predicted molar refractivity (Wildman–Crippen MR) is 108 cm³/mol. The maximum atomic E-state index is 12.5. The van der Waals surface area contributed by atoms with Crippen molar-refractivity contribution in [1.82, 2.24) is 0 Å². The Balaban J connectivity index is 1.86. The van der Waals surface area contributed by atoms with Crippen molar-refractivity contribution in [2.24, 2.45) is 0 Å². The Morgan fingerprint density at radius 1 is 1.15 bits per heavy atom. The molecule has 0 spiro atoms. The Kier molecular flexibility index (Phi) is 5.90. The van der Waals surface area contributed by atoms with Crippen molar-refractivity contribution >= 4 is 51.7 Å². The quantitative estimate of drug-likeness (QED) is 0.405. The number of ether oxygens (including phenoxy) is 2. The predicted octanol–water partition coefficient (Wildman–Crippen LogP) is 3.55. The van der Waals surface area contributed by atoms with Gasteiger partial charge in [0.25, 0.3) is 5.91 Å². The lowest BCUT2D eigenvalue weighted by Gasteiger charge is -2.09. The van der Waals surface area contributed by atoms with Crippen LogP contribution in [0.1, 0.15) is 28.4 Å². The molecule has 27 heavy (non-hydrogen) atoms. The van der Waals surface area contributed by atoms with Crippen molar-refractivity contribution in [3.05, 3.63) is 68.8 Å². The summed E-state index contributed by atoms with van der Waals surface area (Å²) in [6.07, 6.45) is 1.14. The first kappa shape index (κ1) is 19.1. The molecule has 138 valence electrons. The number of hydrogen-bond acceptors (Lipinski definition) is 5. The van der Waals surface area contributed by atoms with Crippen molar-refractivity contribution in [2.45, 2.75) is 13.5 Å². The molecule has 0 unspecified atom stereocenters. The van der Waals surface area contributed by atoms with Crippen LogP contribution in [0.15, 0.2) is 48.5 Å². The van der Waals surface area contributed by atoms with E-state index in [0.29, 0.717) is 20.4 Å². The van der Waals surface area contributed by atoms with Crippen LogP contribution in [0, 0.1) is 3.57 Å². The van der Waals surface area contributed by atoms with Gasteiger partial charge in [-0.3, -0.25) is 4.79 Å². The van der Waals surface area contributed by atoms with Crippen LogP contribution in [0.5, 0.6) is 0 Å². The molecule has 0 aromatic heterocycles. The Hall–Kier alpha value is -2.68. The van der Waals surface area contributed by atoms with Crippen LogP contribution in [0.2, 0.25) is 0 Å². The second kappa shape index (κ2) is 8.34. The highest BCUT2D eigenvalue weighted by Gasteiger charge is 2.28. The van der Waals surface area contributed by atoms with Gasteiger partial charge in [0.2, 0.25) is 0 Å². The van der Waals surface area contributed by atoms with Gasteiger partial charge >= 0.3 is 11.9 Å². The molecule has 0 bridgehead atoms. The zero-order chi connectivity index (χ0) is 19.4. The standard InChI is InChI=1S/C20H16INO5/c1-2-26-18(23)9-14-13-8-15(16(21)10-17(13)22-19(14)24)20(25)27-11-12-6-4-3-5-7-12/h3-10H,2,11H2,1H3,(H,22,24)/b14-9+. The second-order valence-electron chi connectivity index (χ2n) is 5.70. The number of rotatable bonds is 5. The van der Waals surface area contributed by atoms with E-state index in [-0.39, 0.29) is 18.8 Å². The maximum absolute atomic E-state index is 12.5. The molecule has 1 N–H and O–H groups in total. The van der Waals surface area contributed by atoms with Crippen molar-refractivity contribution in [2.75, 3.05) is 11.9 Å². The highest BCUT2D eigenvalue weighted by atomic mass is 127. The minimum Gasteiger partial charge on any atom is -0.463 e. The molecular formula is C20H16INO5. The average Bonchev–Trinajstić information content (AvgIpc) is 2.94. The number of benzene rings is 2. The Labute approximate surface area is 169 Å². The van der Waals surface area contributed by atoms with E-state index in [4.69, 9.17) is 9.47 Å². The maximum Gasteiger partial charge on any atom is 0.339 e. The van der Waals surface area contributed by atoms with Crippen molar-refractivity contribution in [3.8, 4) is 0 Å². The first-order valence-electron chi connectivity index (χ1n) is 8.24. The number of amides is 1. The van der Waals surface area contributed by atoms with Crippen molar-refractivity contribution in [3.63, 3.8) is 0 Å². The van der Waals surface area contributed by atoms with Gasteiger partial charge in [-0.25, -0.2) is 9.59 Å². The minimum atomic E-state index is -0.609. The number of fused-ring (bicyclic) bond motifs is 1. The smallest absolute Gasteiger partial charge is 0.339 e. The third-order valence-electron chi connectivity index (χ3n) is 3.87. The first-order chi connectivity index (χ1) is 13.0. The molecule has 0 fully saturated rings. The number of hydrogen-bond donors (Lipinski definition) is 1. The van der Waals surface area contributed by atoms with E-state index in [2.05, 4.69) is 5.32 Å². The van der Waals surface area contributed by atoms with Crippen LogP contribution in [-0.2, 0) is 25.7 Å². The molecule has 0 saturated heterocycles. The van der Waals surface area contributed by atoms with Crippen molar-refractivity contribution < 1.29 is 23.9 Å². The van der Waals surface area contributed by atoms with E-state index >= 15 is 0 Å². The largest absolute Gasteiger partial charge is 0.463 e. The zero-order valence-corrected chi connectivity index (χ0v) is 16.6.